The number of aliphatic carboxylic acids is 1. The van der Waals surface area contributed by atoms with Crippen molar-refractivity contribution < 1.29 is 9.90 Å². The van der Waals surface area contributed by atoms with Crippen molar-refractivity contribution in [3.63, 3.8) is 0 Å². The Bertz CT molecular complexity index is 741. The van der Waals surface area contributed by atoms with E-state index in [9.17, 15) is 14.7 Å². The predicted octanol–water partition coefficient (Wildman–Crippen LogP) is 2.80. The van der Waals surface area contributed by atoms with Crippen molar-refractivity contribution in [1.29, 1.82) is 0 Å². The fourth-order valence-corrected chi connectivity index (χ4v) is 2.25. The zero-order valence-electron chi connectivity index (χ0n) is 12.2. The highest BCUT2D eigenvalue weighted by atomic mass is 16.4. The number of benzene rings is 1. The van der Waals surface area contributed by atoms with Crippen LogP contribution in [0.25, 0.3) is 10.9 Å². The SMILES string of the molecule is Cc1ccc2cc(CC(C)(C)C(=O)O)c(=O)[nH]c2c1C. The Hall–Kier alpha value is -2.10. The second-order valence-corrected chi connectivity index (χ2v) is 5.96. The van der Waals surface area contributed by atoms with Crippen LogP contribution in [0.3, 0.4) is 0 Å². The highest BCUT2D eigenvalue weighted by Gasteiger charge is 2.28. The molecule has 2 rings (SSSR count). The number of carboxylic acids is 1. The average Bonchev–Trinajstić information content (AvgIpc) is 2.36. The van der Waals surface area contributed by atoms with Gasteiger partial charge in [0.05, 0.1) is 10.9 Å². The number of aromatic amines is 1. The summed E-state index contributed by atoms with van der Waals surface area (Å²) in [6.07, 6.45) is 0.209. The number of rotatable bonds is 3. The molecular weight excluding hydrogens is 254 g/mol. The smallest absolute Gasteiger partial charge is 0.309 e. The number of nitrogens with one attached hydrogen (secondary N) is 1. The first kappa shape index (κ1) is 14.3. The van der Waals surface area contributed by atoms with Crippen LogP contribution >= 0.6 is 0 Å². The first-order valence-electron chi connectivity index (χ1n) is 6.58. The number of carbonyl (C=O) groups is 1. The molecule has 1 aromatic heterocycles. The third kappa shape index (κ3) is 2.46. The summed E-state index contributed by atoms with van der Waals surface area (Å²) in [4.78, 5) is 26.2. The summed E-state index contributed by atoms with van der Waals surface area (Å²) in [6.45, 7) is 7.21. The summed E-state index contributed by atoms with van der Waals surface area (Å²) in [6, 6.07) is 5.75. The number of aromatic nitrogens is 1. The molecule has 1 heterocycles. The maximum Gasteiger partial charge on any atom is 0.309 e. The van der Waals surface area contributed by atoms with Crippen LogP contribution in [-0.2, 0) is 11.2 Å². The first-order chi connectivity index (χ1) is 9.22. The zero-order chi connectivity index (χ0) is 15.1. The van der Waals surface area contributed by atoms with Crippen LogP contribution < -0.4 is 5.56 Å². The van der Waals surface area contributed by atoms with Gasteiger partial charge in [-0.2, -0.15) is 0 Å². The van der Waals surface area contributed by atoms with Crippen LogP contribution in [0, 0.1) is 19.3 Å². The molecule has 0 aliphatic heterocycles. The van der Waals surface area contributed by atoms with E-state index in [0.717, 1.165) is 22.0 Å². The Kier molecular flexibility index (Phi) is 3.42. The molecule has 2 aromatic rings. The fraction of sp³-hybridized carbons (Fsp3) is 0.375. The molecule has 0 atom stereocenters. The zero-order valence-corrected chi connectivity index (χ0v) is 12.2. The van der Waals surface area contributed by atoms with Crippen molar-refractivity contribution in [2.24, 2.45) is 5.41 Å². The van der Waals surface area contributed by atoms with Crippen LogP contribution in [0.4, 0.5) is 0 Å². The van der Waals surface area contributed by atoms with Gasteiger partial charge < -0.3 is 10.1 Å². The van der Waals surface area contributed by atoms with Gasteiger partial charge in [0.15, 0.2) is 0 Å². The largest absolute Gasteiger partial charge is 0.481 e. The van der Waals surface area contributed by atoms with Gasteiger partial charge in [-0.1, -0.05) is 12.1 Å². The maximum atomic E-state index is 12.1. The van der Waals surface area contributed by atoms with E-state index in [4.69, 9.17) is 0 Å². The van der Waals surface area contributed by atoms with E-state index in [1.54, 1.807) is 19.9 Å². The highest BCUT2D eigenvalue weighted by molar-refractivity contribution is 5.83. The van der Waals surface area contributed by atoms with Crippen LogP contribution in [0.5, 0.6) is 0 Å². The van der Waals surface area contributed by atoms with E-state index in [2.05, 4.69) is 4.98 Å². The molecule has 2 N–H and O–H groups in total. The standard InChI is InChI=1S/C16H19NO3/c1-9-5-6-11-7-12(8-16(3,4)15(19)20)14(18)17-13(11)10(9)2/h5-7H,8H2,1-4H3,(H,17,18)(H,19,20). The molecule has 0 saturated carbocycles. The highest BCUT2D eigenvalue weighted by Crippen LogP contribution is 2.23. The summed E-state index contributed by atoms with van der Waals surface area (Å²) in [5, 5.41) is 10.1. The molecule has 0 unspecified atom stereocenters. The monoisotopic (exact) mass is 273 g/mol. The van der Waals surface area contributed by atoms with Crippen molar-refractivity contribution in [2.75, 3.05) is 0 Å². The van der Waals surface area contributed by atoms with Gasteiger partial charge in [0.2, 0.25) is 0 Å². The van der Waals surface area contributed by atoms with Crippen LogP contribution in [0.2, 0.25) is 0 Å². The van der Waals surface area contributed by atoms with Crippen molar-refractivity contribution in [3.8, 4) is 0 Å². The van der Waals surface area contributed by atoms with Crippen LogP contribution in [0.1, 0.15) is 30.5 Å². The lowest BCUT2D eigenvalue weighted by atomic mass is 9.86. The first-order valence-corrected chi connectivity index (χ1v) is 6.58. The molecule has 0 aliphatic rings. The molecular formula is C16H19NO3. The Morgan fingerprint density at radius 2 is 1.95 bits per heavy atom. The van der Waals surface area contributed by atoms with Gasteiger partial charge in [-0.15, -0.1) is 0 Å². The van der Waals surface area contributed by atoms with Gasteiger partial charge in [-0.3, -0.25) is 9.59 Å². The van der Waals surface area contributed by atoms with E-state index >= 15 is 0 Å². The molecule has 0 aliphatic carbocycles. The van der Waals surface area contributed by atoms with Crippen molar-refractivity contribution in [2.45, 2.75) is 34.1 Å². The molecule has 0 radical (unpaired) electrons. The number of hydrogen-bond acceptors (Lipinski definition) is 2. The Balaban J connectivity index is 2.58. The van der Waals surface area contributed by atoms with Crippen molar-refractivity contribution >= 4 is 16.9 Å². The minimum atomic E-state index is -0.958. The van der Waals surface area contributed by atoms with E-state index in [1.165, 1.54) is 0 Å². The van der Waals surface area contributed by atoms with E-state index in [-0.39, 0.29) is 12.0 Å². The molecule has 0 bridgehead atoms. The van der Waals surface area contributed by atoms with Crippen LogP contribution in [-0.4, -0.2) is 16.1 Å². The molecule has 0 spiro atoms. The summed E-state index contributed by atoms with van der Waals surface area (Å²) >= 11 is 0. The minimum Gasteiger partial charge on any atom is -0.481 e. The molecule has 1 aromatic carbocycles. The fourth-order valence-electron chi connectivity index (χ4n) is 2.25. The molecule has 4 heteroatoms. The summed E-state index contributed by atoms with van der Waals surface area (Å²) in [5.74, 6) is -0.905. The summed E-state index contributed by atoms with van der Waals surface area (Å²) < 4.78 is 0. The number of hydrogen-bond donors (Lipinski definition) is 2. The number of H-pyrrole nitrogens is 1. The number of fused-ring (bicyclic) bond motifs is 1. The molecule has 0 saturated heterocycles. The van der Waals surface area contributed by atoms with Crippen molar-refractivity contribution in [1.82, 2.24) is 4.98 Å². The second kappa shape index (κ2) is 4.78. The molecule has 20 heavy (non-hydrogen) atoms. The quantitative estimate of drug-likeness (QED) is 0.903. The predicted molar refractivity (Wildman–Crippen MR) is 79.2 cm³/mol. The third-order valence-electron chi connectivity index (χ3n) is 3.84. The van der Waals surface area contributed by atoms with E-state index in [0.29, 0.717) is 5.56 Å². The third-order valence-corrected chi connectivity index (χ3v) is 3.84. The van der Waals surface area contributed by atoms with Gasteiger partial charge >= 0.3 is 5.97 Å². The van der Waals surface area contributed by atoms with Gasteiger partial charge in [-0.05, 0) is 56.7 Å². The lowest BCUT2D eigenvalue weighted by Crippen LogP contribution is -2.29. The number of carboxylic acid groups (broad SMARTS) is 1. The minimum absolute atomic E-state index is 0.208. The second-order valence-electron chi connectivity index (χ2n) is 5.96. The molecule has 0 fully saturated rings. The lowest BCUT2D eigenvalue weighted by molar-refractivity contribution is -0.146. The van der Waals surface area contributed by atoms with Gasteiger partial charge in [-0.25, -0.2) is 0 Å². The van der Waals surface area contributed by atoms with Gasteiger partial charge in [0, 0.05) is 5.56 Å². The Labute approximate surface area is 117 Å². The summed E-state index contributed by atoms with van der Waals surface area (Å²) in [5.41, 5.74) is 2.33. The van der Waals surface area contributed by atoms with Gasteiger partial charge in [0.25, 0.3) is 5.56 Å². The summed E-state index contributed by atoms with van der Waals surface area (Å²) in [7, 11) is 0. The number of pyridine rings is 1. The molecule has 106 valence electrons. The number of aryl methyl sites for hydroxylation is 2. The molecule has 4 nitrogen and oxygen atoms in total. The van der Waals surface area contributed by atoms with E-state index in [1.807, 2.05) is 26.0 Å². The van der Waals surface area contributed by atoms with E-state index < -0.39 is 11.4 Å². The van der Waals surface area contributed by atoms with Crippen molar-refractivity contribution in [3.05, 3.63) is 45.2 Å². The Morgan fingerprint density at radius 1 is 1.30 bits per heavy atom. The lowest BCUT2D eigenvalue weighted by Gasteiger charge is -2.18. The normalized spacial score (nSPS) is 11.8. The average molecular weight is 273 g/mol. The maximum absolute atomic E-state index is 12.1. The topological polar surface area (TPSA) is 70.2 Å². The Morgan fingerprint density at radius 3 is 2.55 bits per heavy atom. The van der Waals surface area contributed by atoms with Gasteiger partial charge in [0.1, 0.15) is 0 Å². The van der Waals surface area contributed by atoms with Crippen LogP contribution in [0.15, 0.2) is 23.0 Å². The molecule has 0 amide bonds.